The standard InChI is InChI=1S/C20H19FN8O/c1-11-5-8-18(12(2)9-11)29-24-13(3)19(25-29)20(30)22-17-10-15(6-7-16(17)21)28-14(4)23-26-27-28/h5-10H,1-4H3,(H,22,30). The highest BCUT2D eigenvalue weighted by Crippen LogP contribution is 2.21. The van der Waals surface area contributed by atoms with E-state index in [1.165, 1.54) is 27.7 Å². The number of carbonyl (C=O) groups is 1. The van der Waals surface area contributed by atoms with E-state index in [0.29, 0.717) is 17.2 Å². The lowest BCUT2D eigenvalue weighted by Gasteiger charge is -2.08. The first-order valence-corrected chi connectivity index (χ1v) is 9.21. The molecule has 2 aromatic carbocycles. The number of rotatable bonds is 4. The van der Waals surface area contributed by atoms with Crippen molar-refractivity contribution < 1.29 is 9.18 Å². The first-order chi connectivity index (χ1) is 14.3. The maximum Gasteiger partial charge on any atom is 0.278 e. The molecule has 0 saturated carbocycles. The van der Waals surface area contributed by atoms with Gasteiger partial charge in [0.05, 0.1) is 22.8 Å². The quantitative estimate of drug-likeness (QED) is 0.559. The number of nitrogens with one attached hydrogen (secondary N) is 1. The molecule has 0 aliphatic rings. The van der Waals surface area contributed by atoms with Crippen LogP contribution in [-0.2, 0) is 0 Å². The van der Waals surface area contributed by atoms with E-state index in [4.69, 9.17) is 0 Å². The molecule has 0 atom stereocenters. The van der Waals surface area contributed by atoms with Crippen LogP contribution in [0.4, 0.5) is 10.1 Å². The second kappa shape index (κ2) is 7.47. The van der Waals surface area contributed by atoms with Gasteiger partial charge in [-0.1, -0.05) is 17.7 Å². The molecule has 0 bridgehead atoms. The Balaban J connectivity index is 1.63. The number of tetrazole rings is 1. The van der Waals surface area contributed by atoms with Crippen LogP contribution in [0.1, 0.15) is 33.1 Å². The molecule has 0 unspecified atom stereocenters. The molecule has 9 nitrogen and oxygen atoms in total. The summed E-state index contributed by atoms with van der Waals surface area (Å²) in [4.78, 5) is 14.2. The number of anilines is 1. The normalized spacial score (nSPS) is 11.0. The number of hydrogen-bond donors (Lipinski definition) is 1. The van der Waals surface area contributed by atoms with Crippen LogP contribution in [0, 0.1) is 33.5 Å². The van der Waals surface area contributed by atoms with E-state index in [1.54, 1.807) is 13.8 Å². The number of carbonyl (C=O) groups excluding carboxylic acids is 1. The molecule has 0 radical (unpaired) electrons. The highest BCUT2D eigenvalue weighted by molar-refractivity contribution is 6.03. The smallest absolute Gasteiger partial charge is 0.278 e. The number of amides is 1. The Morgan fingerprint density at radius 1 is 1.03 bits per heavy atom. The minimum atomic E-state index is -0.586. The third-order valence-corrected chi connectivity index (χ3v) is 4.63. The molecule has 1 N–H and O–H groups in total. The second-order valence-electron chi connectivity index (χ2n) is 6.97. The molecule has 0 aliphatic heterocycles. The molecule has 2 aromatic heterocycles. The van der Waals surface area contributed by atoms with Gasteiger partial charge in [0.25, 0.3) is 5.91 Å². The molecular formula is C20H19FN8O. The summed E-state index contributed by atoms with van der Waals surface area (Å²) in [5.41, 5.74) is 3.92. The fraction of sp³-hybridized carbons (Fsp3) is 0.200. The number of halogens is 1. The Hall–Kier alpha value is -3.95. The van der Waals surface area contributed by atoms with Gasteiger partial charge in [0.15, 0.2) is 11.5 Å². The van der Waals surface area contributed by atoms with Crippen LogP contribution in [0.25, 0.3) is 11.4 Å². The molecule has 4 aromatic rings. The maximum atomic E-state index is 14.3. The largest absolute Gasteiger partial charge is 0.318 e. The molecular weight excluding hydrogens is 387 g/mol. The predicted octanol–water partition coefficient (Wildman–Crippen LogP) is 2.87. The zero-order chi connectivity index (χ0) is 21.4. The highest BCUT2D eigenvalue weighted by Gasteiger charge is 2.19. The topological polar surface area (TPSA) is 103 Å². The van der Waals surface area contributed by atoms with Gasteiger partial charge in [-0.3, -0.25) is 4.79 Å². The lowest BCUT2D eigenvalue weighted by atomic mass is 10.1. The molecule has 0 spiro atoms. The first kappa shape index (κ1) is 19.4. The number of aryl methyl sites for hydroxylation is 4. The zero-order valence-electron chi connectivity index (χ0n) is 16.9. The van der Waals surface area contributed by atoms with E-state index in [2.05, 4.69) is 31.0 Å². The minimum absolute atomic E-state index is 0.00661. The Bertz CT molecular complexity index is 1260. The third-order valence-electron chi connectivity index (χ3n) is 4.63. The molecule has 0 saturated heterocycles. The zero-order valence-corrected chi connectivity index (χ0v) is 16.9. The molecule has 10 heteroatoms. The highest BCUT2D eigenvalue weighted by atomic mass is 19.1. The molecule has 1 amide bonds. The van der Waals surface area contributed by atoms with E-state index in [-0.39, 0.29) is 11.4 Å². The molecule has 0 aliphatic carbocycles. The third kappa shape index (κ3) is 3.54. The summed E-state index contributed by atoms with van der Waals surface area (Å²) < 4.78 is 15.8. The average Bonchev–Trinajstić information content (AvgIpc) is 3.29. The van der Waals surface area contributed by atoms with Gasteiger partial charge < -0.3 is 5.32 Å². The summed E-state index contributed by atoms with van der Waals surface area (Å²) in [6.45, 7) is 7.34. The summed E-state index contributed by atoms with van der Waals surface area (Å²) in [5.74, 6) is -0.614. The Labute approximate surface area is 171 Å². The van der Waals surface area contributed by atoms with Crippen LogP contribution in [0.3, 0.4) is 0 Å². The summed E-state index contributed by atoms with van der Waals surface area (Å²) in [6, 6.07) is 10.1. The van der Waals surface area contributed by atoms with Crippen LogP contribution in [0.2, 0.25) is 0 Å². The van der Waals surface area contributed by atoms with Gasteiger partial charge in [0.2, 0.25) is 0 Å². The van der Waals surface area contributed by atoms with Crippen molar-refractivity contribution in [2.24, 2.45) is 0 Å². The van der Waals surface area contributed by atoms with Gasteiger partial charge in [0.1, 0.15) is 5.82 Å². The number of aromatic nitrogens is 7. The predicted molar refractivity (Wildman–Crippen MR) is 107 cm³/mol. The van der Waals surface area contributed by atoms with Crippen LogP contribution in [0.15, 0.2) is 36.4 Å². The van der Waals surface area contributed by atoms with Crippen molar-refractivity contribution in [3.63, 3.8) is 0 Å². The molecule has 2 heterocycles. The monoisotopic (exact) mass is 406 g/mol. The SMILES string of the molecule is Cc1ccc(-n2nc(C)c(C(=O)Nc3cc(-n4nnnc4C)ccc3F)n2)c(C)c1. The van der Waals surface area contributed by atoms with Crippen LogP contribution >= 0.6 is 0 Å². The lowest BCUT2D eigenvalue weighted by Crippen LogP contribution is -2.16. The van der Waals surface area contributed by atoms with Crippen molar-refractivity contribution in [2.75, 3.05) is 5.32 Å². The van der Waals surface area contributed by atoms with Crippen molar-refractivity contribution in [2.45, 2.75) is 27.7 Å². The van der Waals surface area contributed by atoms with E-state index < -0.39 is 11.7 Å². The summed E-state index contributed by atoms with van der Waals surface area (Å²) in [6.07, 6.45) is 0. The molecule has 152 valence electrons. The summed E-state index contributed by atoms with van der Waals surface area (Å²) >= 11 is 0. The van der Waals surface area contributed by atoms with Crippen LogP contribution in [0.5, 0.6) is 0 Å². The average molecular weight is 406 g/mol. The van der Waals surface area contributed by atoms with Gasteiger partial charge in [0, 0.05) is 0 Å². The van der Waals surface area contributed by atoms with Crippen LogP contribution in [-0.4, -0.2) is 41.1 Å². The number of benzene rings is 2. The summed E-state index contributed by atoms with van der Waals surface area (Å²) in [5, 5.41) is 22.5. The van der Waals surface area contributed by atoms with Gasteiger partial charge in [-0.05, 0) is 68.0 Å². The van der Waals surface area contributed by atoms with Gasteiger partial charge in [-0.15, -0.1) is 10.2 Å². The van der Waals surface area contributed by atoms with Gasteiger partial charge in [-0.2, -0.15) is 14.6 Å². The van der Waals surface area contributed by atoms with E-state index in [9.17, 15) is 9.18 Å². The van der Waals surface area contributed by atoms with Crippen molar-refractivity contribution in [3.8, 4) is 11.4 Å². The van der Waals surface area contributed by atoms with Crippen molar-refractivity contribution in [1.29, 1.82) is 0 Å². The van der Waals surface area contributed by atoms with Crippen LogP contribution < -0.4 is 5.32 Å². The van der Waals surface area contributed by atoms with E-state index >= 15 is 0 Å². The fourth-order valence-electron chi connectivity index (χ4n) is 3.12. The Morgan fingerprint density at radius 3 is 2.53 bits per heavy atom. The molecule has 4 rings (SSSR count). The van der Waals surface area contributed by atoms with Gasteiger partial charge in [-0.25, -0.2) is 4.39 Å². The molecule has 30 heavy (non-hydrogen) atoms. The first-order valence-electron chi connectivity index (χ1n) is 9.21. The Morgan fingerprint density at radius 2 is 1.83 bits per heavy atom. The Kier molecular flexibility index (Phi) is 4.82. The fourth-order valence-corrected chi connectivity index (χ4v) is 3.12. The van der Waals surface area contributed by atoms with Gasteiger partial charge >= 0.3 is 0 Å². The number of nitrogens with zero attached hydrogens (tertiary/aromatic N) is 7. The van der Waals surface area contributed by atoms with Crippen molar-refractivity contribution in [1.82, 2.24) is 35.2 Å². The van der Waals surface area contributed by atoms with E-state index in [0.717, 1.165) is 16.8 Å². The number of hydrogen-bond acceptors (Lipinski definition) is 6. The van der Waals surface area contributed by atoms with Crippen molar-refractivity contribution >= 4 is 11.6 Å². The summed E-state index contributed by atoms with van der Waals surface area (Å²) in [7, 11) is 0. The van der Waals surface area contributed by atoms with E-state index in [1.807, 2.05) is 32.0 Å². The molecule has 0 fully saturated rings. The lowest BCUT2D eigenvalue weighted by molar-refractivity contribution is 0.102. The maximum absolute atomic E-state index is 14.3. The second-order valence-corrected chi connectivity index (χ2v) is 6.97. The minimum Gasteiger partial charge on any atom is -0.318 e. The van der Waals surface area contributed by atoms with Crippen molar-refractivity contribution in [3.05, 3.63) is 70.6 Å².